The van der Waals surface area contributed by atoms with E-state index in [1.165, 1.54) is 25.3 Å². The lowest BCUT2D eigenvalue weighted by Gasteiger charge is -2.33. The van der Waals surface area contributed by atoms with Gasteiger partial charge in [-0.1, -0.05) is 24.6 Å². The van der Waals surface area contributed by atoms with Gasteiger partial charge in [-0.15, -0.1) is 0 Å². The number of carbonyl (C=O) groups excluding carboxylic acids is 1. The van der Waals surface area contributed by atoms with E-state index in [2.05, 4.69) is 27.2 Å². The summed E-state index contributed by atoms with van der Waals surface area (Å²) in [6, 6.07) is 7.18. The summed E-state index contributed by atoms with van der Waals surface area (Å²) in [5, 5.41) is 7.35. The molecule has 4 rings (SSSR count). The van der Waals surface area contributed by atoms with Crippen molar-refractivity contribution < 1.29 is 9.18 Å². The smallest absolute Gasteiger partial charge is 0.254 e. The van der Waals surface area contributed by atoms with Crippen LogP contribution in [0.3, 0.4) is 0 Å². The van der Waals surface area contributed by atoms with E-state index < -0.39 is 0 Å². The van der Waals surface area contributed by atoms with Crippen LogP contribution in [0.1, 0.15) is 48.7 Å². The Morgan fingerprint density at radius 3 is 2.87 bits per heavy atom. The Labute approximate surface area is 176 Å². The molecule has 3 aromatic rings. The summed E-state index contributed by atoms with van der Waals surface area (Å²) in [7, 11) is 0. The van der Waals surface area contributed by atoms with E-state index >= 15 is 0 Å². The monoisotopic (exact) mass is 409 g/mol. The highest BCUT2D eigenvalue weighted by Gasteiger charge is 2.19. The van der Waals surface area contributed by atoms with E-state index in [-0.39, 0.29) is 11.7 Å². The summed E-state index contributed by atoms with van der Waals surface area (Å²) in [5.41, 5.74) is 2.76. The molecule has 6 nitrogen and oxygen atoms in total. The second-order valence-corrected chi connectivity index (χ2v) is 8.02. The standard InChI is InChI=1S/C23H28FN5O/c1-16-8-5-6-12-28(16)13-7-11-25-23(30)19-14-26-22-20(15-27-29(22)17(19)2)18-9-3-4-10-21(18)24/h3-4,9-10,14-16H,5-8,11-13H2,1-2H3,(H,25,30). The van der Waals surface area contributed by atoms with E-state index in [0.717, 1.165) is 19.5 Å². The van der Waals surface area contributed by atoms with Crippen molar-refractivity contribution in [2.75, 3.05) is 19.6 Å². The van der Waals surface area contributed by atoms with Crippen molar-refractivity contribution in [3.63, 3.8) is 0 Å². The fraction of sp³-hybridized carbons (Fsp3) is 0.435. The van der Waals surface area contributed by atoms with Crippen molar-refractivity contribution in [1.82, 2.24) is 24.8 Å². The number of rotatable bonds is 6. The molecule has 0 saturated carbocycles. The second kappa shape index (κ2) is 8.92. The van der Waals surface area contributed by atoms with Crippen LogP contribution in [0.25, 0.3) is 16.8 Å². The summed E-state index contributed by atoms with van der Waals surface area (Å²) < 4.78 is 15.8. The molecule has 1 N–H and O–H groups in total. The molecule has 1 aliphatic heterocycles. The summed E-state index contributed by atoms with van der Waals surface area (Å²) in [6.45, 7) is 6.89. The first-order valence-electron chi connectivity index (χ1n) is 10.7. The highest BCUT2D eigenvalue weighted by atomic mass is 19.1. The molecule has 7 heteroatoms. The normalized spacial score (nSPS) is 17.4. The third kappa shape index (κ3) is 4.07. The van der Waals surface area contributed by atoms with E-state index in [4.69, 9.17) is 0 Å². The molecular weight excluding hydrogens is 381 g/mol. The molecule has 0 radical (unpaired) electrons. The van der Waals surface area contributed by atoms with E-state index in [0.29, 0.717) is 40.6 Å². The molecule has 158 valence electrons. The van der Waals surface area contributed by atoms with Gasteiger partial charge in [0.25, 0.3) is 5.91 Å². The topological polar surface area (TPSA) is 62.5 Å². The number of amides is 1. The average Bonchev–Trinajstić information content (AvgIpc) is 3.17. The minimum Gasteiger partial charge on any atom is -0.352 e. The summed E-state index contributed by atoms with van der Waals surface area (Å²) >= 11 is 0. The number of hydrogen-bond donors (Lipinski definition) is 1. The first kappa shape index (κ1) is 20.5. The second-order valence-electron chi connectivity index (χ2n) is 8.02. The van der Waals surface area contributed by atoms with Crippen LogP contribution in [0, 0.1) is 12.7 Å². The Balaban J connectivity index is 1.43. The number of fused-ring (bicyclic) bond motifs is 1. The highest BCUT2D eigenvalue weighted by molar-refractivity contribution is 5.95. The van der Waals surface area contributed by atoms with E-state index in [9.17, 15) is 9.18 Å². The van der Waals surface area contributed by atoms with Crippen molar-refractivity contribution in [1.29, 1.82) is 0 Å². The maximum Gasteiger partial charge on any atom is 0.254 e. The Kier molecular flexibility index (Phi) is 6.08. The zero-order valence-electron chi connectivity index (χ0n) is 17.6. The maximum absolute atomic E-state index is 14.2. The van der Waals surface area contributed by atoms with Crippen LogP contribution >= 0.6 is 0 Å². The molecule has 0 aliphatic carbocycles. The number of piperidine rings is 1. The van der Waals surface area contributed by atoms with Crippen molar-refractivity contribution in [3.8, 4) is 11.1 Å². The minimum atomic E-state index is -0.323. The number of nitrogens with one attached hydrogen (secondary N) is 1. The molecule has 1 saturated heterocycles. The predicted octanol–water partition coefficient (Wildman–Crippen LogP) is 3.84. The SMILES string of the molecule is Cc1c(C(=O)NCCCN2CCCCC2C)cnc2c(-c3ccccc3F)cnn12. The summed E-state index contributed by atoms with van der Waals surface area (Å²) in [4.78, 5) is 19.6. The number of nitrogens with zero attached hydrogens (tertiary/aromatic N) is 4. The third-order valence-electron chi connectivity index (χ3n) is 6.02. The van der Waals surface area contributed by atoms with Crippen LogP contribution in [-0.2, 0) is 0 Å². The molecule has 0 spiro atoms. The van der Waals surface area contributed by atoms with Crippen LogP contribution in [-0.4, -0.2) is 51.1 Å². The van der Waals surface area contributed by atoms with E-state index in [1.807, 2.05) is 6.92 Å². The predicted molar refractivity (Wildman–Crippen MR) is 115 cm³/mol. The van der Waals surface area contributed by atoms with Crippen molar-refractivity contribution in [2.24, 2.45) is 0 Å². The van der Waals surface area contributed by atoms with Gasteiger partial charge in [-0.3, -0.25) is 4.79 Å². The highest BCUT2D eigenvalue weighted by Crippen LogP contribution is 2.26. The average molecular weight is 410 g/mol. The van der Waals surface area contributed by atoms with E-state index in [1.54, 1.807) is 35.1 Å². The number of hydrogen-bond acceptors (Lipinski definition) is 4. The third-order valence-corrected chi connectivity index (χ3v) is 6.02. The van der Waals surface area contributed by atoms with Gasteiger partial charge in [-0.25, -0.2) is 13.9 Å². The molecule has 1 aromatic carbocycles. The fourth-order valence-corrected chi connectivity index (χ4v) is 4.21. The number of halogens is 1. The molecule has 1 fully saturated rings. The Morgan fingerprint density at radius 1 is 1.23 bits per heavy atom. The van der Waals surface area contributed by atoms with Gasteiger partial charge in [0.1, 0.15) is 5.82 Å². The van der Waals surface area contributed by atoms with Crippen LogP contribution < -0.4 is 5.32 Å². The molecule has 30 heavy (non-hydrogen) atoms. The summed E-state index contributed by atoms with van der Waals surface area (Å²) in [5.74, 6) is -0.478. The van der Waals surface area contributed by atoms with Crippen molar-refractivity contribution >= 4 is 11.6 Å². The number of aromatic nitrogens is 3. The van der Waals surface area contributed by atoms with Crippen LogP contribution in [0.4, 0.5) is 4.39 Å². The molecule has 1 aliphatic rings. The van der Waals surface area contributed by atoms with Gasteiger partial charge < -0.3 is 10.2 Å². The molecule has 0 bridgehead atoms. The Bertz CT molecular complexity index is 1050. The van der Waals surface area contributed by atoms with Crippen molar-refractivity contribution in [2.45, 2.75) is 45.6 Å². The minimum absolute atomic E-state index is 0.156. The number of benzene rings is 1. The lowest BCUT2D eigenvalue weighted by atomic mass is 10.0. The van der Waals surface area contributed by atoms with Gasteiger partial charge >= 0.3 is 0 Å². The van der Waals surface area contributed by atoms with Gasteiger partial charge in [0, 0.05) is 36.5 Å². The first-order valence-corrected chi connectivity index (χ1v) is 10.7. The quantitative estimate of drug-likeness (QED) is 0.629. The molecule has 1 amide bonds. The molecule has 3 heterocycles. The van der Waals surface area contributed by atoms with Gasteiger partial charge in [-0.2, -0.15) is 5.10 Å². The van der Waals surface area contributed by atoms with Crippen LogP contribution in [0.15, 0.2) is 36.7 Å². The lowest BCUT2D eigenvalue weighted by Crippen LogP contribution is -2.39. The van der Waals surface area contributed by atoms with Gasteiger partial charge in [0.15, 0.2) is 5.65 Å². The van der Waals surface area contributed by atoms with Gasteiger partial charge in [0.2, 0.25) is 0 Å². The van der Waals surface area contributed by atoms with Gasteiger partial charge in [-0.05, 0) is 45.7 Å². The van der Waals surface area contributed by atoms with Crippen LogP contribution in [0.2, 0.25) is 0 Å². The zero-order valence-corrected chi connectivity index (χ0v) is 17.6. The number of likely N-dealkylation sites (tertiary alicyclic amines) is 1. The number of carbonyl (C=O) groups is 1. The Morgan fingerprint density at radius 2 is 2.07 bits per heavy atom. The molecule has 1 unspecified atom stereocenters. The maximum atomic E-state index is 14.2. The summed E-state index contributed by atoms with van der Waals surface area (Å²) in [6.07, 6.45) is 7.91. The Hall–Kier alpha value is -2.80. The first-order chi connectivity index (χ1) is 14.6. The number of aryl methyl sites for hydroxylation is 1. The van der Waals surface area contributed by atoms with Gasteiger partial charge in [0.05, 0.1) is 17.5 Å². The largest absolute Gasteiger partial charge is 0.352 e. The molecule has 2 aromatic heterocycles. The molecular formula is C23H28FN5O. The lowest BCUT2D eigenvalue weighted by molar-refractivity contribution is 0.0947. The van der Waals surface area contributed by atoms with Crippen molar-refractivity contribution in [3.05, 3.63) is 53.7 Å². The van der Waals surface area contributed by atoms with Crippen LogP contribution in [0.5, 0.6) is 0 Å². The zero-order chi connectivity index (χ0) is 21.1. The fourth-order valence-electron chi connectivity index (χ4n) is 4.21. The molecule has 1 atom stereocenters.